The number of guanidine groups is 1. The summed E-state index contributed by atoms with van der Waals surface area (Å²) in [4.78, 5) is 6.65. The van der Waals surface area contributed by atoms with Gasteiger partial charge in [-0.3, -0.25) is 4.99 Å². The molecule has 0 saturated carbocycles. The lowest BCUT2D eigenvalue weighted by molar-refractivity contribution is 0.00989. The summed E-state index contributed by atoms with van der Waals surface area (Å²) in [7, 11) is 3.53. The Labute approximate surface area is 161 Å². The van der Waals surface area contributed by atoms with Crippen LogP contribution in [0.4, 0.5) is 0 Å². The predicted octanol–water partition coefficient (Wildman–Crippen LogP) is 2.81. The Hall–Kier alpha value is -1.50. The molecule has 0 radical (unpaired) electrons. The van der Waals surface area contributed by atoms with Gasteiger partial charge in [-0.15, -0.1) is 0 Å². The van der Waals surface area contributed by atoms with E-state index in [0.717, 1.165) is 57.3 Å². The Morgan fingerprint density at radius 1 is 1.27 bits per heavy atom. The third kappa shape index (κ3) is 7.40. The highest BCUT2D eigenvalue weighted by Crippen LogP contribution is 2.17. The standard InChI is InChI=1S/C19H30ClN3O3/c1-21-19(22-9-14-26-18-6-3-5-16(20)15-18)23-10-7-17(8-11-23)25-13-4-12-24-2/h3,5-6,15,17H,4,7-14H2,1-2H3,(H,21,22). The van der Waals surface area contributed by atoms with Gasteiger partial charge in [0.2, 0.25) is 0 Å². The molecule has 1 N–H and O–H groups in total. The fraction of sp³-hybridized carbons (Fsp3) is 0.632. The van der Waals surface area contributed by atoms with Crippen LogP contribution in [0.2, 0.25) is 5.02 Å². The van der Waals surface area contributed by atoms with Gasteiger partial charge < -0.3 is 24.4 Å². The smallest absolute Gasteiger partial charge is 0.193 e. The van der Waals surface area contributed by atoms with E-state index in [1.54, 1.807) is 7.11 Å². The number of nitrogens with zero attached hydrogens (tertiary/aromatic N) is 2. The Morgan fingerprint density at radius 3 is 2.77 bits per heavy atom. The molecule has 0 atom stereocenters. The zero-order valence-corrected chi connectivity index (χ0v) is 16.5. The van der Waals surface area contributed by atoms with Crippen LogP contribution in [0, 0.1) is 0 Å². The number of likely N-dealkylation sites (tertiary alicyclic amines) is 1. The second-order valence-electron chi connectivity index (χ2n) is 6.18. The van der Waals surface area contributed by atoms with Crippen molar-refractivity contribution in [1.82, 2.24) is 10.2 Å². The summed E-state index contributed by atoms with van der Waals surface area (Å²) in [6.07, 6.45) is 3.33. The lowest BCUT2D eigenvalue weighted by atomic mass is 10.1. The highest BCUT2D eigenvalue weighted by atomic mass is 35.5. The largest absolute Gasteiger partial charge is 0.492 e. The molecule has 1 saturated heterocycles. The highest BCUT2D eigenvalue weighted by Gasteiger charge is 2.21. The summed E-state index contributed by atoms with van der Waals surface area (Å²) in [5.74, 6) is 1.69. The topological polar surface area (TPSA) is 55.3 Å². The zero-order chi connectivity index (χ0) is 18.6. The lowest BCUT2D eigenvalue weighted by Crippen LogP contribution is -2.47. The van der Waals surface area contributed by atoms with E-state index in [2.05, 4.69) is 15.2 Å². The number of nitrogens with one attached hydrogen (secondary N) is 1. The molecule has 1 aliphatic heterocycles. The van der Waals surface area contributed by atoms with E-state index >= 15 is 0 Å². The summed E-state index contributed by atoms with van der Waals surface area (Å²) in [5, 5.41) is 4.04. The van der Waals surface area contributed by atoms with Crippen molar-refractivity contribution in [2.75, 3.05) is 53.6 Å². The molecule has 1 heterocycles. The number of hydrogen-bond donors (Lipinski definition) is 1. The van der Waals surface area contributed by atoms with Crippen LogP contribution < -0.4 is 10.1 Å². The molecule has 1 aromatic rings. The van der Waals surface area contributed by atoms with Crippen molar-refractivity contribution in [1.29, 1.82) is 0 Å². The summed E-state index contributed by atoms with van der Waals surface area (Å²) >= 11 is 5.95. The average molecular weight is 384 g/mol. The van der Waals surface area contributed by atoms with Gasteiger partial charge >= 0.3 is 0 Å². The number of aliphatic imine (C=N–C) groups is 1. The Kier molecular flexibility index (Phi) is 9.60. The van der Waals surface area contributed by atoms with Crippen LogP contribution in [0.5, 0.6) is 5.75 Å². The lowest BCUT2D eigenvalue weighted by Gasteiger charge is -2.34. The van der Waals surface area contributed by atoms with Crippen LogP contribution in [0.1, 0.15) is 19.3 Å². The van der Waals surface area contributed by atoms with Gasteiger partial charge in [-0.2, -0.15) is 0 Å². The van der Waals surface area contributed by atoms with Crippen LogP contribution >= 0.6 is 11.6 Å². The molecule has 7 heteroatoms. The number of benzene rings is 1. The predicted molar refractivity (Wildman–Crippen MR) is 105 cm³/mol. The molecule has 0 aliphatic carbocycles. The average Bonchev–Trinajstić information content (AvgIpc) is 2.66. The van der Waals surface area contributed by atoms with Crippen LogP contribution in [0.15, 0.2) is 29.3 Å². The van der Waals surface area contributed by atoms with Gasteiger partial charge in [-0.05, 0) is 37.5 Å². The van der Waals surface area contributed by atoms with Crippen molar-refractivity contribution in [3.63, 3.8) is 0 Å². The minimum absolute atomic E-state index is 0.340. The first-order valence-electron chi connectivity index (χ1n) is 9.17. The molecule has 1 fully saturated rings. The number of ether oxygens (including phenoxy) is 3. The van der Waals surface area contributed by atoms with Crippen molar-refractivity contribution < 1.29 is 14.2 Å². The molecule has 0 spiro atoms. The molecular weight excluding hydrogens is 354 g/mol. The minimum atomic E-state index is 0.340. The normalized spacial score (nSPS) is 16.0. The molecular formula is C19H30ClN3O3. The second-order valence-corrected chi connectivity index (χ2v) is 6.62. The fourth-order valence-electron chi connectivity index (χ4n) is 2.91. The number of methoxy groups -OCH3 is 1. The minimum Gasteiger partial charge on any atom is -0.492 e. The molecule has 26 heavy (non-hydrogen) atoms. The third-order valence-corrected chi connectivity index (χ3v) is 4.48. The molecule has 0 amide bonds. The van der Waals surface area contributed by atoms with E-state index < -0.39 is 0 Å². The molecule has 146 valence electrons. The molecule has 0 unspecified atom stereocenters. The van der Waals surface area contributed by atoms with Crippen molar-refractivity contribution in [2.45, 2.75) is 25.4 Å². The van der Waals surface area contributed by atoms with Gasteiger partial charge in [0.25, 0.3) is 0 Å². The monoisotopic (exact) mass is 383 g/mol. The molecule has 6 nitrogen and oxygen atoms in total. The van der Waals surface area contributed by atoms with E-state index in [0.29, 0.717) is 24.3 Å². The number of hydrogen-bond acceptors (Lipinski definition) is 4. The van der Waals surface area contributed by atoms with Crippen LogP contribution in [-0.2, 0) is 9.47 Å². The highest BCUT2D eigenvalue weighted by molar-refractivity contribution is 6.30. The van der Waals surface area contributed by atoms with Gasteiger partial charge in [0, 0.05) is 45.5 Å². The Morgan fingerprint density at radius 2 is 2.08 bits per heavy atom. The SMILES string of the molecule is CN=C(NCCOc1cccc(Cl)c1)N1CCC(OCCCOC)CC1. The number of rotatable bonds is 9. The van der Waals surface area contributed by atoms with Crippen LogP contribution in [0.3, 0.4) is 0 Å². The zero-order valence-electron chi connectivity index (χ0n) is 15.7. The van der Waals surface area contributed by atoms with Crippen molar-refractivity contribution in [3.8, 4) is 5.75 Å². The van der Waals surface area contributed by atoms with Crippen LogP contribution in [0.25, 0.3) is 0 Å². The molecule has 0 aromatic heterocycles. The van der Waals surface area contributed by atoms with Gasteiger partial charge in [-0.25, -0.2) is 0 Å². The maximum atomic E-state index is 5.95. The fourth-order valence-corrected chi connectivity index (χ4v) is 3.09. The number of piperidine rings is 1. The quantitative estimate of drug-likeness (QED) is 0.403. The van der Waals surface area contributed by atoms with Crippen molar-refractivity contribution >= 4 is 17.6 Å². The molecule has 1 aliphatic rings. The molecule has 1 aromatic carbocycles. The van der Waals surface area contributed by atoms with Gasteiger partial charge in [0.05, 0.1) is 12.6 Å². The molecule has 2 rings (SSSR count). The summed E-state index contributed by atoms with van der Waals surface area (Å²) in [6.45, 7) is 4.66. The first-order chi connectivity index (χ1) is 12.7. The van der Waals surface area contributed by atoms with Crippen LogP contribution in [-0.4, -0.2) is 70.6 Å². The van der Waals surface area contributed by atoms with Gasteiger partial charge in [-0.1, -0.05) is 17.7 Å². The molecule has 0 bridgehead atoms. The van der Waals surface area contributed by atoms with E-state index in [-0.39, 0.29) is 0 Å². The Bertz CT molecular complexity index is 549. The summed E-state index contributed by atoms with van der Waals surface area (Å²) < 4.78 is 16.7. The van der Waals surface area contributed by atoms with E-state index in [1.807, 2.05) is 31.3 Å². The third-order valence-electron chi connectivity index (χ3n) is 4.25. The maximum Gasteiger partial charge on any atom is 0.193 e. The number of halogens is 1. The van der Waals surface area contributed by atoms with E-state index in [1.165, 1.54) is 0 Å². The van der Waals surface area contributed by atoms with Gasteiger partial charge in [0.1, 0.15) is 12.4 Å². The first-order valence-corrected chi connectivity index (χ1v) is 9.55. The second kappa shape index (κ2) is 12.0. The maximum absolute atomic E-state index is 5.95. The van der Waals surface area contributed by atoms with Gasteiger partial charge in [0.15, 0.2) is 5.96 Å². The van der Waals surface area contributed by atoms with Crippen molar-refractivity contribution in [2.24, 2.45) is 4.99 Å². The summed E-state index contributed by atoms with van der Waals surface area (Å²) in [6, 6.07) is 7.43. The van der Waals surface area contributed by atoms with Crippen molar-refractivity contribution in [3.05, 3.63) is 29.3 Å². The first kappa shape index (κ1) is 20.8. The van der Waals surface area contributed by atoms with E-state index in [9.17, 15) is 0 Å². The summed E-state index contributed by atoms with van der Waals surface area (Å²) in [5.41, 5.74) is 0. The Balaban J connectivity index is 1.63. The van der Waals surface area contributed by atoms with E-state index in [4.69, 9.17) is 25.8 Å².